The van der Waals surface area contributed by atoms with Crippen molar-refractivity contribution in [2.45, 2.75) is 38.6 Å². The van der Waals surface area contributed by atoms with Gasteiger partial charge in [-0.05, 0) is 35.9 Å². The van der Waals surface area contributed by atoms with E-state index in [0.717, 1.165) is 6.42 Å². The van der Waals surface area contributed by atoms with Gasteiger partial charge in [-0.15, -0.1) is 0 Å². The van der Waals surface area contributed by atoms with E-state index in [1.165, 1.54) is 17.7 Å². The van der Waals surface area contributed by atoms with Crippen LogP contribution in [0.15, 0.2) is 12.3 Å². The Labute approximate surface area is 83.3 Å². The second-order valence-electron chi connectivity index (χ2n) is 4.59. The van der Waals surface area contributed by atoms with E-state index in [4.69, 9.17) is 5.73 Å². The van der Waals surface area contributed by atoms with E-state index in [-0.39, 0.29) is 11.0 Å². The Kier molecular flexibility index (Phi) is 1.96. The zero-order valence-corrected chi connectivity index (χ0v) is 9.03. The lowest BCUT2D eigenvalue weighted by Crippen LogP contribution is -2.45. The van der Waals surface area contributed by atoms with Crippen LogP contribution in [-0.4, -0.2) is 4.37 Å². The average molecular weight is 196 g/mol. The van der Waals surface area contributed by atoms with Crippen LogP contribution in [0.2, 0.25) is 0 Å². The molecule has 0 amide bonds. The van der Waals surface area contributed by atoms with Crippen molar-refractivity contribution in [3.05, 3.63) is 17.1 Å². The Hall–Kier alpha value is -0.410. The lowest BCUT2D eigenvalue weighted by atomic mass is 9.75. The molecule has 1 aromatic heterocycles. The summed E-state index contributed by atoms with van der Waals surface area (Å²) in [6.45, 7) is 4.53. The van der Waals surface area contributed by atoms with E-state index in [0.29, 0.717) is 0 Å². The first-order chi connectivity index (χ1) is 6.06. The highest BCUT2D eigenvalue weighted by molar-refractivity contribution is 7.05. The van der Waals surface area contributed by atoms with Crippen LogP contribution in [0.25, 0.3) is 0 Å². The van der Waals surface area contributed by atoms with Crippen LogP contribution in [0, 0.1) is 5.41 Å². The first kappa shape index (κ1) is 9.16. The van der Waals surface area contributed by atoms with Crippen molar-refractivity contribution >= 4 is 11.5 Å². The van der Waals surface area contributed by atoms with Crippen molar-refractivity contribution in [2.75, 3.05) is 0 Å². The van der Waals surface area contributed by atoms with Gasteiger partial charge in [-0.3, -0.25) is 0 Å². The molecule has 1 atom stereocenters. The lowest BCUT2D eigenvalue weighted by Gasteiger charge is -2.37. The van der Waals surface area contributed by atoms with E-state index in [2.05, 4.69) is 24.3 Å². The molecule has 13 heavy (non-hydrogen) atoms. The number of aromatic nitrogens is 1. The van der Waals surface area contributed by atoms with Crippen LogP contribution >= 0.6 is 11.5 Å². The molecule has 2 nitrogen and oxygen atoms in total. The third-order valence-electron chi connectivity index (χ3n) is 3.46. The summed E-state index contributed by atoms with van der Waals surface area (Å²) in [5.74, 6) is 0. The Morgan fingerprint density at radius 3 is 2.69 bits per heavy atom. The molecule has 0 bridgehead atoms. The fourth-order valence-electron chi connectivity index (χ4n) is 2.27. The molecule has 0 aromatic carbocycles. The van der Waals surface area contributed by atoms with Gasteiger partial charge in [-0.1, -0.05) is 20.3 Å². The van der Waals surface area contributed by atoms with Gasteiger partial charge in [0.2, 0.25) is 0 Å². The van der Waals surface area contributed by atoms with Crippen LogP contribution in [-0.2, 0) is 5.54 Å². The minimum Gasteiger partial charge on any atom is -0.320 e. The van der Waals surface area contributed by atoms with E-state index in [9.17, 15) is 0 Å². The Morgan fingerprint density at radius 2 is 2.23 bits per heavy atom. The zero-order chi connectivity index (χ0) is 9.53. The number of rotatable bonds is 1. The number of nitrogens with two attached hydrogens (primary N) is 1. The van der Waals surface area contributed by atoms with Crippen LogP contribution in [0.3, 0.4) is 0 Å². The summed E-state index contributed by atoms with van der Waals surface area (Å²) in [7, 11) is 0. The van der Waals surface area contributed by atoms with Gasteiger partial charge in [0.05, 0.1) is 5.54 Å². The van der Waals surface area contributed by atoms with E-state index < -0.39 is 0 Å². The molecule has 3 heteroatoms. The Balaban J connectivity index is 2.40. The lowest BCUT2D eigenvalue weighted by molar-refractivity contribution is 0.214. The topological polar surface area (TPSA) is 38.9 Å². The molecule has 0 saturated heterocycles. The molecule has 2 N–H and O–H groups in total. The molecule has 1 saturated carbocycles. The molecule has 1 aliphatic rings. The third-order valence-corrected chi connectivity index (χ3v) is 4.38. The summed E-state index contributed by atoms with van der Waals surface area (Å²) < 4.78 is 4.14. The van der Waals surface area contributed by atoms with Crippen LogP contribution in [0.1, 0.15) is 38.0 Å². The summed E-state index contributed by atoms with van der Waals surface area (Å²) in [5, 5.41) is 0. The SMILES string of the molecule is CC1(C)CCCC1(N)c1ccns1. The molecular weight excluding hydrogens is 180 g/mol. The van der Waals surface area contributed by atoms with Gasteiger partial charge in [-0.2, -0.15) is 0 Å². The predicted molar refractivity (Wildman–Crippen MR) is 55.6 cm³/mol. The van der Waals surface area contributed by atoms with Crippen LogP contribution < -0.4 is 5.73 Å². The quantitative estimate of drug-likeness (QED) is 0.749. The molecule has 1 aromatic rings. The summed E-state index contributed by atoms with van der Waals surface area (Å²) in [4.78, 5) is 1.25. The number of nitrogens with zero attached hydrogens (tertiary/aromatic N) is 1. The summed E-state index contributed by atoms with van der Waals surface area (Å²) in [5.41, 5.74) is 6.56. The van der Waals surface area contributed by atoms with Crippen LogP contribution in [0.4, 0.5) is 0 Å². The average Bonchev–Trinajstić information content (AvgIpc) is 2.61. The maximum Gasteiger partial charge on any atom is 0.0571 e. The van der Waals surface area contributed by atoms with Crippen molar-refractivity contribution in [3.8, 4) is 0 Å². The number of hydrogen-bond donors (Lipinski definition) is 1. The molecule has 0 spiro atoms. The van der Waals surface area contributed by atoms with Crippen molar-refractivity contribution < 1.29 is 0 Å². The van der Waals surface area contributed by atoms with Gasteiger partial charge >= 0.3 is 0 Å². The Morgan fingerprint density at radius 1 is 1.46 bits per heavy atom. The van der Waals surface area contributed by atoms with Crippen molar-refractivity contribution in [3.63, 3.8) is 0 Å². The minimum atomic E-state index is -0.131. The summed E-state index contributed by atoms with van der Waals surface area (Å²) in [6.07, 6.45) is 5.41. The minimum absolute atomic E-state index is 0.131. The van der Waals surface area contributed by atoms with Gasteiger partial charge in [0.1, 0.15) is 0 Å². The third kappa shape index (κ3) is 1.22. The molecule has 1 fully saturated rings. The maximum absolute atomic E-state index is 6.47. The molecule has 0 aliphatic heterocycles. The van der Waals surface area contributed by atoms with Gasteiger partial charge in [-0.25, -0.2) is 4.37 Å². The highest BCUT2D eigenvalue weighted by Gasteiger charge is 2.47. The molecule has 1 aliphatic carbocycles. The number of hydrogen-bond acceptors (Lipinski definition) is 3. The molecule has 1 heterocycles. The monoisotopic (exact) mass is 196 g/mol. The van der Waals surface area contributed by atoms with Crippen LogP contribution in [0.5, 0.6) is 0 Å². The molecule has 2 rings (SSSR count). The predicted octanol–water partition coefficient (Wildman–Crippen LogP) is 2.51. The molecular formula is C10H16N2S. The molecule has 0 radical (unpaired) electrons. The molecule has 72 valence electrons. The van der Waals surface area contributed by atoms with Gasteiger partial charge in [0.15, 0.2) is 0 Å². The largest absolute Gasteiger partial charge is 0.320 e. The second-order valence-corrected chi connectivity index (χ2v) is 5.42. The first-order valence-corrected chi connectivity index (χ1v) is 5.54. The highest BCUT2D eigenvalue weighted by Crippen LogP contribution is 2.51. The maximum atomic E-state index is 6.47. The standard InChI is InChI=1S/C10H16N2S/c1-9(2)5-3-6-10(9,11)8-4-7-12-13-8/h4,7H,3,5-6,11H2,1-2H3. The second kappa shape index (κ2) is 2.79. The smallest absolute Gasteiger partial charge is 0.0571 e. The van der Waals surface area contributed by atoms with Gasteiger partial charge < -0.3 is 5.73 Å². The first-order valence-electron chi connectivity index (χ1n) is 4.76. The summed E-state index contributed by atoms with van der Waals surface area (Å²) >= 11 is 1.55. The fourth-order valence-corrected chi connectivity index (χ4v) is 3.17. The summed E-state index contributed by atoms with van der Waals surface area (Å²) in [6, 6.07) is 2.07. The van der Waals surface area contributed by atoms with Crippen molar-refractivity contribution in [1.82, 2.24) is 4.37 Å². The molecule has 1 unspecified atom stereocenters. The highest BCUT2D eigenvalue weighted by atomic mass is 32.1. The van der Waals surface area contributed by atoms with Crippen molar-refractivity contribution in [1.29, 1.82) is 0 Å². The fraction of sp³-hybridized carbons (Fsp3) is 0.700. The van der Waals surface area contributed by atoms with Gasteiger partial charge in [0.25, 0.3) is 0 Å². The van der Waals surface area contributed by atoms with E-state index in [1.54, 1.807) is 11.5 Å². The van der Waals surface area contributed by atoms with E-state index in [1.807, 2.05) is 6.20 Å². The zero-order valence-electron chi connectivity index (χ0n) is 8.21. The van der Waals surface area contributed by atoms with Gasteiger partial charge in [0, 0.05) is 11.1 Å². The normalized spacial score (nSPS) is 32.2. The van der Waals surface area contributed by atoms with Crippen molar-refractivity contribution in [2.24, 2.45) is 11.1 Å². The Bertz CT molecular complexity index is 292. The van der Waals surface area contributed by atoms with E-state index >= 15 is 0 Å².